The second-order valence-corrected chi connectivity index (χ2v) is 5.88. The predicted octanol–water partition coefficient (Wildman–Crippen LogP) is 4.08. The smallest absolute Gasteiger partial charge is 0.136 e. The highest BCUT2D eigenvalue weighted by Crippen LogP contribution is 2.22. The molecule has 0 bridgehead atoms. The van der Waals surface area contributed by atoms with E-state index in [-0.39, 0.29) is 0 Å². The molecule has 0 amide bonds. The lowest BCUT2D eigenvalue weighted by molar-refractivity contribution is 0.572. The van der Waals surface area contributed by atoms with Crippen molar-refractivity contribution < 1.29 is 0 Å². The summed E-state index contributed by atoms with van der Waals surface area (Å²) < 4.78 is 0. The normalized spacial score (nSPS) is 14.9. The fraction of sp³-hybridized carbons (Fsp3) is 0.444. The first-order valence-electron chi connectivity index (χ1n) is 8.21. The van der Waals surface area contributed by atoms with Gasteiger partial charge in [0.1, 0.15) is 17.5 Å². The second-order valence-electron chi connectivity index (χ2n) is 5.88. The number of aryl methyl sites for hydroxylation is 2. The van der Waals surface area contributed by atoms with Gasteiger partial charge in [-0.25, -0.2) is 9.97 Å². The third kappa shape index (κ3) is 3.56. The van der Waals surface area contributed by atoms with Crippen molar-refractivity contribution in [2.24, 2.45) is 0 Å². The van der Waals surface area contributed by atoms with Crippen molar-refractivity contribution in [3.05, 3.63) is 41.7 Å². The minimum absolute atomic E-state index is 0.816. The van der Waals surface area contributed by atoms with E-state index in [1.165, 1.54) is 24.8 Å². The van der Waals surface area contributed by atoms with E-state index in [4.69, 9.17) is 0 Å². The molecule has 1 aromatic heterocycles. The van der Waals surface area contributed by atoms with Gasteiger partial charge in [0.05, 0.1) is 0 Å². The molecule has 116 valence electrons. The highest BCUT2D eigenvalue weighted by atomic mass is 15.2. The van der Waals surface area contributed by atoms with E-state index in [0.717, 1.165) is 42.7 Å². The number of hydrogen-bond donors (Lipinski definition) is 1. The summed E-state index contributed by atoms with van der Waals surface area (Å²) in [6, 6.07) is 10.6. The number of piperidine rings is 1. The van der Waals surface area contributed by atoms with E-state index in [1.807, 2.05) is 6.92 Å². The van der Waals surface area contributed by atoms with Gasteiger partial charge in [0.25, 0.3) is 0 Å². The maximum Gasteiger partial charge on any atom is 0.136 e. The number of hydrogen-bond acceptors (Lipinski definition) is 4. The van der Waals surface area contributed by atoms with Crippen LogP contribution in [0.5, 0.6) is 0 Å². The molecule has 2 heterocycles. The van der Waals surface area contributed by atoms with Gasteiger partial charge in [-0.05, 0) is 50.3 Å². The molecule has 0 aliphatic carbocycles. The number of nitrogens with one attached hydrogen (secondary N) is 1. The van der Waals surface area contributed by atoms with Gasteiger partial charge in [-0.3, -0.25) is 0 Å². The molecular formula is C18H24N4. The molecule has 1 N–H and O–H groups in total. The molecule has 1 saturated heterocycles. The maximum atomic E-state index is 4.60. The summed E-state index contributed by atoms with van der Waals surface area (Å²) in [5.41, 5.74) is 2.42. The largest absolute Gasteiger partial charge is 0.356 e. The Morgan fingerprint density at radius 3 is 2.45 bits per heavy atom. The Kier molecular flexibility index (Phi) is 4.56. The molecule has 1 aliphatic rings. The Balaban J connectivity index is 1.79. The molecule has 0 saturated carbocycles. The third-order valence-electron chi connectivity index (χ3n) is 4.14. The lowest BCUT2D eigenvalue weighted by Crippen LogP contribution is -2.30. The van der Waals surface area contributed by atoms with Gasteiger partial charge in [-0.1, -0.05) is 19.1 Å². The minimum Gasteiger partial charge on any atom is -0.356 e. The van der Waals surface area contributed by atoms with Crippen molar-refractivity contribution in [1.29, 1.82) is 0 Å². The summed E-state index contributed by atoms with van der Waals surface area (Å²) in [4.78, 5) is 11.5. The molecule has 22 heavy (non-hydrogen) atoms. The van der Waals surface area contributed by atoms with Crippen LogP contribution < -0.4 is 10.2 Å². The lowest BCUT2D eigenvalue weighted by Gasteiger charge is -2.28. The molecule has 0 atom stereocenters. The van der Waals surface area contributed by atoms with E-state index in [9.17, 15) is 0 Å². The molecule has 3 rings (SSSR count). The molecule has 1 aliphatic heterocycles. The maximum absolute atomic E-state index is 4.60. The Bertz CT molecular complexity index is 615. The van der Waals surface area contributed by atoms with Crippen molar-refractivity contribution in [2.45, 2.75) is 39.5 Å². The van der Waals surface area contributed by atoms with E-state index < -0.39 is 0 Å². The third-order valence-corrected chi connectivity index (χ3v) is 4.14. The van der Waals surface area contributed by atoms with Gasteiger partial charge in [0.15, 0.2) is 0 Å². The number of rotatable bonds is 4. The van der Waals surface area contributed by atoms with Crippen LogP contribution in [0.4, 0.5) is 17.3 Å². The van der Waals surface area contributed by atoms with Crippen LogP contribution in [0, 0.1) is 6.92 Å². The SMILES string of the molecule is CCc1ccc(Nc2cc(N3CCCCC3)nc(C)n2)cc1. The minimum atomic E-state index is 0.816. The molecule has 1 aromatic carbocycles. The zero-order chi connectivity index (χ0) is 15.4. The Labute approximate surface area is 132 Å². The summed E-state index contributed by atoms with van der Waals surface area (Å²) in [6.07, 6.45) is 4.90. The van der Waals surface area contributed by atoms with Crippen LogP contribution in [-0.4, -0.2) is 23.1 Å². The van der Waals surface area contributed by atoms with Gasteiger partial charge >= 0.3 is 0 Å². The van der Waals surface area contributed by atoms with E-state index >= 15 is 0 Å². The zero-order valence-corrected chi connectivity index (χ0v) is 13.5. The van der Waals surface area contributed by atoms with Gasteiger partial charge in [0.2, 0.25) is 0 Å². The molecule has 4 nitrogen and oxygen atoms in total. The fourth-order valence-corrected chi connectivity index (χ4v) is 2.87. The van der Waals surface area contributed by atoms with E-state index in [2.05, 4.69) is 57.4 Å². The van der Waals surface area contributed by atoms with Crippen molar-refractivity contribution in [2.75, 3.05) is 23.3 Å². The summed E-state index contributed by atoms with van der Waals surface area (Å²) >= 11 is 0. The van der Waals surface area contributed by atoms with Gasteiger partial charge in [0, 0.05) is 24.8 Å². The summed E-state index contributed by atoms with van der Waals surface area (Å²) in [5, 5.41) is 3.40. The Morgan fingerprint density at radius 1 is 1.05 bits per heavy atom. The topological polar surface area (TPSA) is 41.0 Å². The van der Waals surface area contributed by atoms with Crippen LogP contribution in [0.2, 0.25) is 0 Å². The predicted molar refractivity (Wildman–Crippen MR) is 91.9 cm³/mol. The van der Waals surface area contributed by atoms with Gasteiger partial charge in [-0.15, -0.1) is 0 Å². The van der Waals surface area contributed by atoms with Crippen LogP contribution in [0.15, 0.2) is 30.3 Å². The fourth-order valence-electron chi connectivity index (χ4n) is 2.87. The van der Waals surface area contributed by atoms with Gasteiger partial charge in [-0.2, -0.15) is 0 Å². The molecule has 2 aromatic rings. The molecule has 4 heteroatoms. The number of benzene rings is 1. The molecule has 1 fully saturated rings. The zero-order valence-electron chi connectivity index (χ0n) is 13.5. The standard InChI is InChI=1S/C18H24N4/c1-3-15-7-9-16(10-8-15)21-17-13-18(20-14(2)19-17)22-11-5-4-6-12-22/h7-10,13H,3-6,11-12H2,1-2H3,(H,19,20,21). The van der Waals surface area contributed by atoms with Crippen molar-refractivity contribution in [1.82, 2.24) is 9.97 Å². The van der Waals surface area contributed by atoms with Crippen LogP contribution in [0.3, 0.4) is 0 Å². The number of aromatic nitrogens is 2. The average Bonchev–Trinajstić information content (AvgIpc) is 2.56. The summed E-state index contributed by atoms with van der Waals surface area (Å²) in [7, 11) is 0. The highest BCUT2D eigenvalue weighted by Gasteiger charge is 2.13. The second kappa shape index (κ2) is 6.77. The van der Waals surface area contributed by atoms with E-state index in [1.54, 1.807) is 0 Å². The van der Waals surface area contributed by atoms with Crippen LogP contribution in [-0.2, 0) is 6.42 Å². The highest BCUT2D eigenvalue weighted by molar-refractivity contribution is 5.60. The summed E-state index contributed by atoms with van der Waals surface area (Å²) in [5.74, 6) is 2.73. The molecule has 0 radical (unpaired) electrons. The first kappa shape index (κ1) is 14.8. The number of anilines is 3. The van der Waals surface area contributed by atoms with Crippen molar-refractivity contribution >= 4 is 17.3 Å². The first-order chi connectivity index (χ1) is 10.7. The van der Waals surface area contributed by atoms with Crippen LogP contribution >= 0.6 is 0 Å². The lowest BCUT2D eigenvalue weighted by atomic mass is 10.1. The van der Waals surface area contributed by atoms with Gasteiger partial charge < -0.3 is 10.2 Å². The first-order valence-corrected chi connectivity index (χ1v) is 8.21. The van der Waals surface area contributed by atoms with Crippen LogP contribution in [0.25, 0.3) is 0 Å². The summed E-state index contributed by atoms with van der Waals surface area (Å²) in [6.45, 7) is 6.32. The van der Waals surface area contributed by atoms with Crippen molar-refractivity contribution in [3.63, 3.8) is 0 Å². The average molecular weight is 296 g/mol. The monoisotopic (exact) mass is 296 g/mol. The molecule has 0 unspecified atom stereocenters. The Morgan fingerprint density at radius 2 is 1.77 bits per heavy atom. The van der Waals surface area contributed by atoms with Crippen molar-refractivity contribution in [3.8, 4) is 0 Å². The van der Waals surface area contributed by atoms with E-state index in [0.29, 0.717) is 0 Å². The quantitative estimate of drug-likeness (QED) is 0.923. The molecule has 0 spiro atoms. The Hall–Kier alpha value is -2.10. The molecular weight excluding hydrogens is 272 g/mol. The van der Waals surface area contributed by atoms with Crippen LogP contribution in [0.1, 0.15) is 37.6 Å². The number of nitrogens with zero attached hydrogens (tertiary/aromatic N) is 3.